The lowest BCUT2D eigenvalue weighted by atomic mass is 10.0. The van der Waals surface area contributed by atoms with Gasteiger partial charge in [-0.15, -0.1) is 0 Å². The van der Waals surface area contributed by atoms with Gasteiger partial charge in [-0.05, 0) is 12.1 Å². The number of aryl methyl sites for hydroxylation is 1. The van der Waals surface area contributed by atoms with Crippen LogP contribution in [0.2, 0.25) is 0 Å². The van der Waals surface area contributed by atoms with Crippen molar-refractivity contribution in [3.05, 3.63) is 29.5 Å². The fraction of sp³-hybridized carbons (Fsp3) is 0.286. The minimum absolute atomic E-state index is 0.0547. The number of nitrogens with zero attached hydrogens (tertiary/aromatic N) is 1. The molecule has 0 aliphatic rings. The minimum atomic E-state index is -1.08. The molecule has 6 heteroatoms. The van der Waals surface area contributed by atoms with Crippen LogP contribution in [-0.4, -0.2) is 30.5 Å². The van der Waals surface area contributed by atoms with Crippen LogP contribution >= 0.6 is 0 Å². The van der Waals surface area contributed by atoms with E-state index >= 15 is 0 Å². The Morgan fingerprint density at radius 2 is 2.10 bits per heavy atom. The third kappa shape index (κ3) is 2.20. The molecule has 1 N–H and O–H groups in total. The first-order chi connectivity index (χ1) is 9.63. The van der Waals surface area contributed by atoms with Gasteiger partial charge in [-0.3, -0.25) is 0 Å². The number of rotatable bonds is 5. The van der Waals surface area contributed by atoms with E-state index in [1.54, 1.807) is 25.1 Å². The fourth-order valence-corrected chi connectivity index (χ4v) is 2.04. The summed E-state index contributed by atoms with van der Waals surface area (Å²) in [4.78, 5) is 11.4. The summed E-state index contributed by atoms with van der Waals surface area (Å²) in [6.45, 7) is 1.81. The standard InChI is InChI=1S/C14H15NO5/c1-4-9-11(14(16)17)12(15-20-9)8-6-5-7-10(18-2)13(8)19-3/h5-7H,4H2,1-3H3,(H,16,17). The van der Waals surface area contributed by atoms with Crippen LogP contribution in [0, 0.1) is 0 Å². The quantitative estimate of drug-likeness (QED) is 0.904. The van der Waals surface area contributed by atoms with Crippen molar-refractivity contribution in [1.82, 2.24) is 5.16 Å². The highest BCUT2D eigenvalue weighted by Gasteiger charge is 2.25. The molecule has 1 aromatic heterocycles. The molecule has 0 atom stereocenters. The molecular weight excluding hydrogens is 262 g/mol. The van der Waals surface area contributed by atoms with E-state index in [0.29, 0.717) is 29.2 Å². The molecule has 2 rings (SSSR count). The van der Waals surface area contributed by atoms with Crippen LogP contribution in [0.3, 0.4) is 0 Å². The summed E-state index contributed by atoms with van der Waals surface area (Å²) in [7, 11) is 3.00. The monoisotopic (exact) mass is 277 g/mol. The molecule has 1 heterocycles. The molecule has 2 aromatic rings. The van der Waals surface area contributed by atoms with Gasteiger partial charge in [-0.2, -0.15) is 0 Å². The Morgan fingerprint density at radius 1 is 1.35 bits per heavy atom. The molecule has 0 fully saturated rings. The molecule has 106 valence electrons. The maximum atomic E-state index is 11.4. The van der Waals surface area contributed by atoms with E-state index in [0.717, 1.165) is 0 Å². The average Bonchev–Trinajstić information content (AvgIpc) is 2.90. The van der Waals surface area contributed by atoms with E-state index in [9.17, 15) is 9.90 Å². The predicted octanol–water partition coefficient (Wildman–Crippen LogP) is 2.62. The van der Waals surface area contributed by atoms with Crippen molar-refractivity contribution in [2.75, 3.05) is 14.2 Å². The summed E-state index contributed by atoms with van der Waals surface area (Å²) in [6, 6.07) is 5.18. The Labute approximate surface area is 115 Å². The highest BCUT2D eigenvalue weighted by molar-refractivity contribution is 5.97. The molecule has 1 aromatic carbocycles. The summed E-state index contributed by atoms with van der Waals surface area (Å²) < 4.78 is 15.6. The number of aromatic nitrogens is 1. The van der Waals surface area contributed by atoms with Gasteiger partial charge < -0.3 is 19.1 Å². The zero-order valence-electron chi connectivity index (χ0n) is 11.5. The van der Waals surface area contributed by atoms with Crippen LogP contribution < -0.4 is 9.47 Å². The lowest BCUT2D eigenvalue weighted by Gasteiger charge is -2.11. The van der Waals surface area contributed by atoms with Crippen LogP contribution in [0.15, 0.2) is 22.7 Å². The summed E-state index contributed by atoms with van der Waals surface area (Å²) in [6.07, 6.45) is 0.445. The van der Waals surface area contributed by atoms with Gasteiger partial charge >= 0.3 is 5.97 Å². The minimum Gasteiger partial charge on any atom is -0.493 e. The normalized spacial score (nSPS) is 10.3. The van der Waals surface area contributed by atoms with Crippen LogP contribution in [0.5, 0.6) is 11.5 Å². The second kappa shape index (κ2) is 5.64. The third-order valence-corrected chi connectivity index (χ3v) is 2.96. The van der Waals surface area contributed by atoms with E-state index in [4.69, 9.17) is 14.0 Å². The molecular formula is C14H15NO5. The van der Waals surface area contributed by atoms with Gasteiger partial charge in [0.1, 0.15) is 11.3 Å². The topological polar surface area (TPSA) is 81.8 Å². The summed E-state index contributed by atoms with van der Waals surface area (Å²) in [5.41, 5.74) is 0.817. The number of hydrogen-bond donors (Lipinski definition) is 1. The summed E-state index contributed by atoms with van der Waals surface area (Å²) in [5, 5.41) is 13.2. The maximum Gasteiger partial charge on any atom is 0.341 e. The Morgan fingerprint density at radius 3 is 2.65 bits per heavy atom. The van der Waals surface area contributed by atoms with Crippen LogP contribution in [0.4, 0.5) is 0 Å². The predicted molar refractivity (Wildman–Crippen MR) is 71.4 cm³/mol. The molecule has 0 aliphatic carbocycles. The van der Waals surface area contributed by atoms with E-state index < -0.39 is 5.97 Å². The summed E-state index contributed by atoms with van der Waals surface area (Å²) in [5.74, 6) is 0.177. The number of para-hydroxylation sites is 1. The SMILES string of the molecule is CCc1onc(-c2cccc(OC)c2OC)c1C(=O)O. The van der Waals surface area contributed by atoms with Gasteiger partial charge in [0.05, 0.1) is 19.8 Å². The number of benzene rings is 1. The van der Waals surface area contributed by atoms with Crippen LogP contribution in [0.25, 0.3) is 11.3 Å². The van der Waals surface area contributed by atoms with Crippen molar-refractivity contribution in [2.45, 2.75) is 13.3 Å². The van der Waals surface area contributed by atoms with E-state index in [2.05, 4.69) is 5.16 Å². The molecule has 0 amide bonds. The first-order valence-electron chi connectivity index (χ1n) is 6.07. The maximum absolute atomic E-state index is 11.4. The number of ether oxygens (including phenoxy) is 2. The summed E-state index contributed by atoms with van der Waals surface area (Å²) >= 11 is 0. The lowest BCUT2D eigenvalue weighted by Crippen LogP contribution is -2.02. The Bertz CT molecular complexity index is 632. The lowest BCUT2D eigenvalue weighted by molar-refractivity contribution is 0.0695. The van der Waals surface area contributed by atoms with Gasteiger partial charge in [0.15, 0.2) is 17.3 Å². The number of carboxylic acids is 1. The Kier molecular flexibility index (Phi) is 3.93. The fourth-order valence-electron chi connectivity index (χ4n) is 2.04. The first-order valence-corrected chi connectivity index (χ1v) is 6.07. The zero-order valence-corrected chi connectivity index (χ0v) is 11.5. The molecule has 6 nitrogen and oxygen atoms in total. The van der Waals surface area contributed by atoms with Crippen LogP contribution in [-0.2, 0) is 6.42 Å². The van der Waals surface area contributed by atoms with Gasteiger partial charge in [0.25, 0.3) is 0 Å². The van der Waals surface area contributed by atoms with Gasteiger partial charge in [-0.1, -0.05) is 18.1 Å². The number of carbonyl (C=O) groups is 1. The molecule has 0 saturated heterocycles. The zero-order chi connectivity index (χ0) is 14.7. The molecule has 0 bridgehead atoms. The van der Waals surface area contributed by atoms with Crippen molar-refractivity contribution in [1.29, 1.82) is 0 Å². The second-order valence-corrected chi connectivity index (χ2v) is 4.03. The molecule has 0 spiro atoms. The van der Waals surface area contributed by atoms with Crippen molar-refractivity contribution in [2.24, 2.45) is 0 Å². The van der Waals surface area contributed by atoms with E-state index in [-0.39, 0.29) is 11.3 Å². The molecule has 20 heavy (non-hydrogen) atoms. The average molecular weight is 277 g/mol. The first kappa shape index (κ1) is 13.9. The van der Waals surface area contributed by atoms with E-state index in [1.807, 2.05) is 0 Å². The van der Waals surface area contributed by atoms with E-state index in [1.165, 1.54) is 14.2 Å². The smallest absolute Gasteiger partial charge is 0.341 e. The number of carboxylic acid groups (broad SMARTS) is 1. The number of hydrogen-bond acceptors (Lipinski definition) is 5. The number of methoxy groups -OCH3 is 2. The largest absolute Gasteiger partial charge is 0.493 e. The van der Waals surface area contributed by atoms with Crippen molar-refractivity contribution >= 4 is 5.97 Å². The van der Waals surface area contributed by atoms with Crippen molar-refractivity contribution < 1.29 is 23.9 Å². The van der Waals surface area contributed by atoms with Crippen LogP contribution in [0.1, 0.15) is 23.0 Å². The highest BCUT2D eigenvalue weighted by Crippen LogP contribution is 2.39. The number of aromatic carboxylic acids is 1. The molecule has 0 aliphatic heterocycles. The van der Waals surface area contributed by atoms with Crippen molar-refractivity contribution in [3.8, 4) is 22.8 Å². The Hall–Kier alpha value is -2.50. The van der Waals surface area contributed by atoms with Gasteiger partial charge in [0, 0.05) is 6.42 Å². The second-order valence-electron chi connectivity index (χ2n) is 4.03. The third-order valence-electron chi connectivity index (χ3n) is 2.96. The van der Waals surface area contributed by atoms with Gasteiger partial charge in [0.2, 0.25) is 0 Å². The Balaban J connectivity index is 2.69. The van der Waals surface area contributed by atoms with Gasteiger partial charge in [-0.25, -0.2) is 4.79 Å². The molecule has 0 saturated carbocycles. The highest BCUT2D eigenvalue weighted by atomic mass is 16.5. The molecule has 0 radical (unpaired) electrons. The van der Waals surface area contributed by atoms with Crippen molar-refractivity contribution in [3.63, 3.8) is 0 Å². The molecule has 0 unspecified atom stereocenters.